The average Bonchev–Trinajstić information content (AvgIpc) is 3.44. The van der Waals surface area contributed by atoms with Crippen molar-refractivity contribution in [2.45, 2.75) is 90.3 Å². The average molecular weight is 1030 g/mol. The number of carbonyl (C=O) groups excluding carboxylic acids is 4. The number of aromatic amines is 1. The zero-order valence-corrected chi connectivity index (χ0v) is 43.8. The SMILES string of the molecule is CCOc1cc(OC)ccc1CNCC(=O)N1CCCC(c2cccc(C(=O)N[C@H](C(=O)NCCOCCNC(=O)c3ccc(N4CCN(Cc5cnc6cc(CC)c(=O)[nH]c6c5)CC4)cn3)C3CCCCC3)c2)C1. The highest BCUT2D eigenvalue weighted by atomic mass is 16.5. The van der Waals surface area contributed by atoms with Gasteiger partial charge in [0.15, 0.2) is 0 Å². The Bertz CT molecular complexity index is 2770. The van der Waals surface area contributed by atoms with E-state index in [-0.39, 0.29) is 73.9 Å². The molecule has 4 amide bonds. The van der Waals surface area contributed by atoms with Crippen molar-refractivity contribution in [2.75, 3.05) is 90.7 Å². The predicted octanol–water partition coefficient (Wildman–Crippen LogP) is 5.35. The van der Waals surface area contributed by atoms with Crippen LogP contribution in [-0.4, -0.2) is 140 Å². The molecule has 5 aromatic rings. The van der Waals surface area contributed by atoms with E-state index in [1.54, 1.807) is 25.4 Å². The van der Waals surface area contributed by atoms with Crippen molar-refractivity contribution in [1.82, 2.24) is 46.0 Å². The zero-order valence-electron chi connectivity index (χ0n) is 43.8. The summed E-state index contributed by atoms with van der Waals surface area (Å²) in [4.78, 5) is 84.8. The second-order valence-corrected chi connectivity index (χ2v) is 19.7. The number of carbonyl (C=O) groups is 4. The van der Waals surface area contributed by atoms with Gasteiger partial charge in [0.2, 0.25) is 11.8 Å². The van der Waals surface area contributed by atoms with Crippen LogP contribution in [0.4, 0.5) is 5.69 Å². The van der Waals surface area contributed by atoms with Crippen LogP contribution in [0, 0.1) is 5.92 Å². The molecule has 5 heterocycles. The Morgan fingerprint density at radius 3 is 2.39 bits per heavy atom. The number of aryl methyl sites for hydroxylation is 1. The van der Waals surface area contributed by atoms with Crippen molar-refractivity contribution in [1.29, 1.82) is 0 Å². The Morgan fingerprint density at radius 1 is 0.813 bits per heavy atom. The van der Waals surface area contributed by atoms with Crippen LogP contribution in [-0.2, 0) is 33.8 Å². The minimum absolute atomic E-state index is 0.0198. The topological polar surface area (TPSA) is 212 Å². The third kappa shape index (κ3) is 14.9. The number of aromatic nitrogens is 3. The lowest BCUT2D eigenvalue weighted by Gasteiger charge is -2.36. The zero-order chi connectivity index (χ0) is 52.5. The molecule has 75 heavy (non-hydrogen) atoms. The van der Waals surface area contributed by atoms with E-state index < -0.39 is 6.04 Å². The first-order chi connectivity index (χ1) is 36.6. The fourth-order valence-corrected chi connectivity index (χ4v) is 10.4. The molecule has 5 N–H and O–H groups in total. The van der Waals surface area contributed by atoms with Crippen molar-refractivity contribution < 1.29 is 33.4 Å². The van der Waals surface area contributed by atoms with E-state index in [2.05, 4.69) is 46.0 Å². The molecule has 2 atom stereocenters. The van der Waals surface area contributed by atoms with E-state index >= 15 is 0 Å². The van der Waals surface area contributed by atoms with Crippen molar-refractivity contribution >= 4 is 40.3 Å². The Kier molecular flexibility index (Phi) is 19.6. The molecule has 3 fully saturated rings. The molecular formula is C57H74N10O8. The number of rotatable bonds is 23. The number of hydrogen-bond acceptors (Lipinski definition) is 13. The molecule has 3 aliphatic rings. The molecule has 2 saturated heterocycles. The summed E-state index contributed by atoms with van der Waals surface area (Å²) >= 11 is 0. The van der Waals surface area contributed by atoms with E-state index in [0.717, 1.165) is 122 Å². The van der Waals surface area contributed by atoms with E-state index in [4.69, 9.17) is 14.2 Å². The van der Waals surface area contributed by atoms with E-state index in [1.807, 2.05) is 79.5 Å². The van der Waals surface area contributed by atoms with Gasteiger partial charge >= 0.3 is 0 Å². The van der Waals surface area contributed by atoms with Gasteiger partial charge in [-0.15, -0.1) is 0 Å². The van der Waals surface area contributed by atoms with E-state index in [9.17, 15) is 24.0 Å². The minimum atomic E-state index is -0.690. The minimum Gasteiger partial charge on any atom is -0.497 e. The summed E-state index contributed by atoms with van der Waals surface area (Å²) < 4.78 is 16.9. The normalized spacial score (nSPS) is 16.8. The van der Waals surface area contributed by atoms with Gasteiger partial charge < -0.3 is 50.3 Å². The number of fused-ring (bicyclic) bond motifs is 1. The Hall–Kier alpha value is -6.89. The van der Waals surface area contributed by atoms with Gasteiger partial charge in [-0.25, -0.2) is 4.98 Å². The standard InChI is InChI=1S/C57H74N10O8/c1-4-40-31-49-50(63-54(40)69)29-39(33-61-49)37-65-23-25-66(26-24-65)46-17-19-48(62-35-46)56(71)59-20-27-74-28-21-60-57(72)53(41-11-7-6-8-12-41)64-55(70)43-14-9-13-42(30-43)45-15-10-22-67(38-45)52(68)36-58-34-44-16-18-47(73-3)32-51(44)75-5-2/h9,13-14,16-19,29-33,35,41,45,53,58H,4-8,10-12,15,20-28,34,36-38H2,1-3H3,(H,59,71)(H,60,72)(H,63,69)(H,64,70)/t45?,53-/m0/s1. The number of piperazine rings is 1. The van der Waals surface area contributed by atoms with Gasteiger partial charge in [0.05, 0.1) is 56.4 Å². The fraction of sp³-hybridized carbons (Fsp3) is 0.491. The molecule has 18 heteroatoms. The third-order valence-corrected chi connectivity index (χ3v) is 14.7. The maximum Gasteiger partial charge on any atom is 0.269 e. The Labute approximate surface area is 439 Å². The number of pyridine rings is 3. The highest BCUT2D eigenvalue weighted by Gasteiger charge is 2.32. The number of H-pyrrole nitrogens is 1. The van der Waals surface area contributed by atoms with Gasteiger partial charge in [-0.1, -0.05) is 44.4 Å². The molecule has 0 spiro atoms. The maximum absolute atomic E-state index is 13.9. The van der Waals surface area contributed by atoms with Crippen molar-refractivity contribution in [3.63, 3.8) is 0 Å². The van der Waals surface area contributed by atoms with E-state index in [1.165, 1.54) is 0 Å². The number of amides is 4. The largest absolute Gasteiger partial charge is 0.497 e. The monoisotopic (exact) mass is 1030 g/mol. The van der Waals surface area contributed by atoms with Crippen LogP contribution in [0.3, 0.4) is 0 Å². The molecule has 400 valence electrons. The molecule has 8 rings (SSSR count). The molecular weight excluding hydrogens is 953 g/mol. The third-order valence-electron chi connectivity index (χ3n) is 14.7. The second kappa shape index (κ2) is 27.1. The molecule has 2 aliphatic heterocycles. The highest BCUT2D eigenvalue weighted by Crippen LogP contribution is 2.30. The number of anilines is 1. The summed E-state index contributed by atoms with van der Waals surface area (Å²) in [6.07, 6.45) is 10.9. The van der Waals surface area contributed by atoms with Crippen LogP contribution in [0.15, 0.2) is 83.9 Å². The summed E-state index contributed by atoms with van der Waals surface area (Å²) in [5, 5.41) is 12.2. The van der Waals surface area contributed by atoms with Gasteiger partial charge in [-0.3, -0.25) is 33.9 Å². The number of methoxy groups -OCH3 is 1. The molecule has 1 aliphatic carbocycles. The van der Waals surface area contributed by atoms with Crippen LogP contribution in [0.1, 0.15) is 108 Å². The smallest absolute Gasteiger partial charge is 0.269 e. The van der Waals surface area contributed by atoms with Gasteiger partial charge in [0.25, 0.3) is 17.4 Å². The van der Waals surface area contributed by atoms with Crippen LogP contribution < -0.4 is 41.2 Å². The summed E-state index contributed by atoms with van der Waals surface area (Å²) in [7, 11) is 1.62. The lowest BCUT2D eigenvalue weighted by Crippen LogP contribution is -2.52. The highest BCUT2D eigenvalue weighted by molar-refractivity contribution is 5.98. The van der Waals surface area contributed by atoms with E-state index in [0.29, 0.717) is 49.7 Å². The Morgan fingerprint density at radius 2 is 1.63 bits per heavy atom. The number of nitrogens with one attached hydrogen (secondary N) is 5. The number of piperidine rings is 1. The maximum atomic E-state index is 13.9. The number of benzene rings is 2. The van der Waals surface area contributed by atoms with Gasteiger partial charge in [0.1, 0.15) is 23.2 Å². The summed E-state index contributed by atoms with van der Waals surface area (Å²) in [6.45, 7) is 11.4. The lowest BCUT2D eigenvalue weighted by molar-refractivity contribution is -0.131. The lowest BCUT2D eigenvalue weighted by atomic mass is 9.83. The first-order valence-electron chi connectivity index (χ1n) is 26.9. The van der Waals surface area contributed by atoms with Gasteiger partial charge in [-0.05, 0) is 98.5 Å². The molecule has 0 bridgehead atoms. The first-order valence-corrected chi connectivity index (χ1v) is 26.9. The van der Waals surface area contributed by atoms with Gasteiger partial charge in [0, 0.05) is 100 Å². The number of nitrogens with zero attached hydrogens (tertiary/aromatic N) is 5. The number of ether oxygens (including phenoxy) is 3. The number of hydrogen-bond donors (Lipinski definition) is 5. The molecule has 2 aromatic carbocycles. The van der Waals surface area contributed by atoms with Crippen LogP contribution in [0.2, 0.25) is 0 Å². The van der Waals surface area contributed by atoms with Crippen LogP contribution in [0.25, 0.3) is 11.0 Å². The fourth-order valence-electron chi connectivity index (χ4n) is 10.4. The summed E-state index contributed by atoms with van der Waals surface area (Å²) in [5.41, 5.74) is 6.97. The quantitative estimate of drug-likeness (QED) is 0.0524. The molecule has 1 saturated carbocycles. The first kappa shape index (κ1) is 54.4. The molecule has 0 radical (unpaired) electrons. The summed E-state index contributed by atoms with van der Waals surface area (Å²) in [6, 6.07) is 20.1. The van der Waals surface area contributed by atoms with Crippen molar-refractivity contribution in [2.24, 2.45) is 5.92 Å². The molecule has 1 unspecified atom stereocenters. The molecule has 3 aromatic heterocycles. The second-order valence-electron chi connectivity index (χ2n) is 19.7. The van der Waals surface area contributed by atoms with Crippen molar-refractivity contribution in [3.05, 3.63) is 123 Å². The predicted molar refractivity (Wildman–Crippen MR) is 288 cm³/mol. The van der Waals surface area contributed by atoms with Crippen LogP contribution >= 0.6 is 0 Å². The van der Waals surface area contributed by atoms with Crippen LogP contribution in [0.5, 0.6) is 11.5 Å². The van der Waals surface area contributed by atoms with Crippen molar-refractivity contribution in [3.8, 4) is 11.5 Å². The van der Waals surface area contributed by atoms with Gasteiger partial charge in [-0.2, -0.15) is 0 Å². The summed E-state index contributed by atoms with van der Waals surface area (Å²) in [5.74, 6) is 0.730. The molecule has 18 nitrogen and oxygen atoms in total. The number of likely N-dealkylation sites (tertiary alicyclic amines) is 1. The Balaban J connectivity index is 0.736.